The van der Waals surface area contributed by atoms with Crippen LogP contribution in [-0.2, 0) is 9.59 Å². The van der Waals surface area contributed by atoms with Gasteiger partial charge in [0.05, 0.1) is 0 Å². The van der Waals surface area contributed by atoms with Crippen molar-refractivity contribution in [2.75, 3.05) is 11.9 Å². The molecule has 1 aromatic carbocycles. The van der Waals surface area contributed by atoms with Gasteiger partial charge >= 0.3 is 0 Å². The van der Waals surface area contributed by atoms with Gasteiger partial charge in [0.2, 0.25) is 11.8 Å². The highest BCUT2D eigenvalue weighted by molar-refractivity contribution is 6.30. The molecular weight excluding hydrogens is 420 g/mol. The van der Waals surface area contributed by atoms with Gasteiger partial charge in [-0.05, 0) is 92.0 Å². The number of carbonyl (C=O) groups is 2. The Kier molecular flexibility index (Phi) is 5.24. The Morgan fingerprint density at radius 1 is 1.06 bits per heavy atom. The van der Waals surface area contributed by atoms with E-state index in [4.69, 9.17) is 11.6 Å². The number of hydrogen-bond donors (Lipinski definition) is 0. The molecule has 0 saturated heterocycles. The van der Waals surface area contributed by atoms with Crippen molar-refractivity contribution in [2.45, 2.75) is 71.4 Å². The Morgan fingerprint density at radius 2 is 1.78 bits per heavy atom. The Bertz CT molecular complexity index is 959. The maximum atomic E-state index is 12.9. The van der Waals surface area contributed by atoms with E-state index in [1.807, 2.05) is 42.3 Å². The number of anilines is 1. The molecule has 0 bridgehead atoms. The van der Waals surface area contributed by atoms with E-state index in [0.717, 1.165) is 24.9 Å². The summed E-state index contributed by atoms with van der Waals surface area (Å²) in [5, 5.41) is 0.697. The van der Waals surface area contributed by atoms with E-state index in [-0.39, 0.29) is 28.7 Å². The van der Waals surface area contributed by atoms with Crippen LogP contribution in [0.3, 0.4) is 0 Å². The first-order valence-electron chi connectivity index (χ1n) is 12.2. The maximum Gasteiger partial charge on any atom is 0.246 e. The lowest BCUT2D eigenvalue weighted by molar-refractivity contribution is -0.138. The molecule has 3 fully saturated rings. The van der Waals surface area contributed by atoms with E-state index in [2.05, 4.69) is 24.8 Å². The molecule has 1 aromatic rings. The van der Waals surface area contributed by atoms with Crippen LogP contribution in [0.15, 0.2) is 36.4 Å². The normalized spacial score (nSPS) is 40.5. The van der Waals surface area contributed by atoms with Crippen molar-refractivity contribution in [1.82, 2.24) is 4.90 Å². The number of rotatable bonds is 2. The summed E-state index contributed by atoms with van der Waals surface area (Å²) in [6.45, 7) is 6.53. The fraction of sp³-hybridized carbons (Fsp3) is 0.630. The zero-order valence-electron chi connectivity index (χ0n) is 19.7. The topological polar surface area (TPSA) is 40.6 Å². The minimum Gasteiger partial charge on any atom is -0.338 e. The first-order valence-corrected chi connectivity index (χ1v) is 12.6. The molecular formula is C27H35ClN2O2. The van der Waals surface area contributed by atoms with Gasteiger partial charge in [-0.25, -0.2) is 0 Å². The Morgan fingerprint density at radius 3 is 2.47 bits per heavy atom. The molecule has 5 heteroatoms. The maximum absolute atomic E-state index is 12.9. The molecule has 172 valence electrons. The third-order valence-electron chi connectivity index (χ3n) is 9.83. The fourth-order valence-electron chi connectivity index (χ4n) is 8.32. The smallest absolute Gasteiger partial charge is 0.246 e. The third kappa shape index (κ3) is 3.09. The zero-order valence-corrected chi connectivity index (χ0v) is 20.4. The van der Waals surface area contributed by atoms with Crippen LogP contribution in [0.5, 0.6) is 0 Å². The number of nitrogens with zero attached hydrogens (tertiary/aromatic N) is 2. The fourth-order valence-corrected chi connectivity index (χ4v) is 8.44. The van der Waals surface area contributed by atoms with Gasteiger partial charge in [-0.3, -0.25) is 9.59 Å². The molecule has 3 aliphatic carbocycles. The molecule has 1 aliphatic heterocycles. The lowest BCUT2D eigenvalue weighted by Crippen LogP contribution is -2.60. The van der Waals surface area contributed by atoms with Crippen molar-refractivity contribution >= 4 is 29.1 Å². The van der Waals surface area contributed by atoms with Crippen LogP contribution >= 0.6 is 11.6 Å². The van der Waals surface area contributed by atoms with Crippen LogP contribution in [0, 0.1) is 28.6 Å². The van der Waals surface area contributed by atoms with E-state index in [0.29, 0.717) is 28.8 Å². The molecule has 5 rings (SSSR count). The van der Waals surface area contributed by atoms with Gasteiger partial charge in [0.25, 0.3) is 0 Å². The molecule has 2 amide bonds. The van der Waals surface area contributed by atoms with Crippen LogP contribution in [0.2, 0.25) is 5.02 Å². The van der Waals surface area contributed by atoms with Gasteiger partial charge in [0.15, 0.2) is 0 Å². The van der Waals surface area contributed by atoms with Crippen molar-refractivity contribution in [3.63, 3.8) is 0 Å². The lowest BCUT2D eigenvalue weighted by atomic mass is 9.48. The van der Waals surface area contributed by atoms with Gasteiger partial charge in [-0.1, -0.05) is 31.5 Å². The minimum atomic E-state index is 0.0570. The van der Waals surface area contributed by atoms with Gasteiger partial charge in [-0.15, -0.1) is 0 Å². The van der Waals surface area contributed by atoms with Gasteiger partial charge in [-0.2, -0.15) is 0 Å². The summed E-state index contributed by atoms with van der Waals surface area (Å²) in [6.07, 6.45) is 10.8. The average Bonchev–Trinajstić information content (AvgIpc) is 3.09. The van der Waals surface area contributed by atoms with Gasteiger partial charge in [0.1, 0.15) is 0 Å². The van der Waals surface area contributed by atoms with Crippen molar-refractivity contribution < 1.29 is 9.59 Å². The van der Waals surface area contributed by atoms with E-state index >= 15 is 0 Å². The van der Waals surface area contributed by atoms with Crippen molar-refractivity contribution in [2.24, 2.45) is 28.6 Å². The summed E-state index contributed by atoms with van der Waals surface area (Å²) >= 11 is 6.12. The quantitative estimate of drug-likeness (QED) is 0.575. The molecule has 0 aromatic heterocycles. The first kappa shape index (κ1) is 22.0. The Labute approximate surface area is 197 Å². The summed E-state index contributed by atoms with van der Waals surface area (Å²) < 4.78 is 0. The number of hydrogen-bond acceptors (Lipinski definition) is 2. The highest BCUT2D eigenvalue weighted by atomic mass is 35.5. The second kappa shape index (κ2) is 7.62. The number of fused-ring (bicyclic) bond motifs is 5. The van der Waals surface area contributed by atoms with Crippen LogP contribution in [0.25, 0.3) is 0 Å². The lowest BCUT2D eigenvalue weighted by Gasteiger charge is -2.60. The highest BCUT2D eigenvalue weighted by Crippen LogP contribution is 2.64. The van der Waals surface area contributed by atoms with Gasteiger partial charge in [0, 0.05) is 42.2 Å². The molecule has 4 nitrogen and oxygen atoms in total. The molecule has 0 radical (unpaired) electrons. The molecule has 0 spiro atoms. The predicted molar refractivity (Wildman–Crippen MR) is 128 cm³/mol. The number of likely N-dealkylation sites (N-methyl/N-ethyl adjacent to an activating group) is 1. The SMILES string of the molecule is CC(=O)N(c1ccc(Cl)cc1)[C@H]1CC[C@H]2[C@@H]3CC[C@H]4N(C)C(=O)C=C[C@]4(C)[C@H]3CC[C@]12C. The van der Waals surface area contributed by atoms with E-state index in [9.17, 15) is 9.59 Å². The first-order chi connectivity index (χ1) is 15.2. The number of halogens is 1. The van der Waals surface area contributed by atoms with Gasteiger partial charge < -0.3 is 9.80 Å². The Balaban J connectivity index is 1.46. The Hall–Kier alpha value is -1.81. The molecule has 0 N–H and O–H groups in total. The molecule has 32 heavy (non-hydrogen) atoms. The van der Waals surface area contributed by atoms with Crippen LogP contribution in [0.4, 0.5) is 5.69 Å². The summed E-state index contributed by atoms with van der Waals surface area (Å²) in [6, 6.07) is 8.27. The molecule has 4 aliphatic rings. The van der Waals surface area contributed by atoms with Crippen LogP contribution < -0.4 is 4.90 Å². The van der Waals surface area contributed by atoms with E-state index in [1.54, 1.807) is 6.92 Å². The van der Waals surface area contributed by atoms with E-state index < -0.39 is 0 Å². The zero-order chi connectivity index (χ0) is 22.8. The predicted octanol–water partition coefficient (Wildman–Crippen LogP) is 5.70. The molecule has 1 heterocycles. The van der Waals surface area contributed by atoms with Crippen LogP contribution in [0.1, 0.15) is 59.3 Å². The molecule has 3 saturated carbocycles. The summed E-state index contributed by atoms with van der Waals surface area (Å²) in [4.78, 5) is 29.2. The monoisotopic (exact) mass is 454 g/mol. The summed E-state index contributed by atoms with van der Waals surface area (Å²) in [5.41, 5.74) is 1.14. The second-order valence-corrected chi connectivity index (χ2v) is 11.6. The number of carbonyl (C=O) groups excluding carboxylic acids is 2. The van der Waals surface area contributed by atoms with Crippen LogP contribution in [-0.4, -0.2) is 35.8 Å². The standard InChI is InChI=1S/C27H35ClN2O2/c1-17(31)30(19-7-5-18(28)6-8-19)24-12-10-21-20-9-11-23-26(2,16-14-25(32)29(23)4)22(20)13-15-27(21,24)3/h5-8,14,16,20-24H,9-13,15H2,1-4H3/t20-,21-,22-,23+,24-,26+,27-/m0/s1. The molecule has 0 unspecified atom stereocenters. The van der Waals surface area contributed by atoms with E-state index in [1.165, 1.54) is 19.3 Å². The summed E-state index contributed by atoms with van der Waals surface area (Å²) in [5.74, 6) is 2.14. The van der Waals surface area contributed by atoms with Crippen molar-refractivity contribution in [1.29, 1.82) is 0 Å². The van der Waals surface area contributed by atoms with Crippen molar-refractivity contribution in [3.8, 4) is 0 Å². The second-order valence-electron chi connectivity index (χ2n) is 11.1. The highest BCUT2D eigenvalue weighted by Gasteiger charge is 2.61. The number of amides is 2. The van der Waals surface area contributed by atoms with Crippen molar-refractivity contribution in [3.05, 3.63) is 41.4 Å². The third-order valence-corrected chi connectivity index (χ3v) is 10.1. The summed E-state index contributed by atoms with van der Waals surface area (Å²) in [7, 11) is 1.98. The largest absolute Gasteiger partial charge is 0.338 e. The average molecular weight is 455 g/mol. The molecule has 7 atom stereocenters. The minimum absolute atomic E-state index is 0.0570. The number of benzene rings is 1.